The van der Waals surface area contributed by atoms with Crippen molar-refractivity contribution in [1.82, 2.24) is 4.90 Å². The van der Waals surface area contributed by atoms with Crippen molar-refractivity contribution >= 4 is 0 Å². The minimum atomic E-state index is 0.449. The molecule has 0 N–H and O–H groups in total. The maximum absolute atomic E-state index is 5.26. The summed E-state index contributed by atoms with van der Waals surface area (Å²) < 4.78 is 5.26. The quantitative estimate of drug-likeness (QED) is 0.438. The number of rotatable bonds is 3. The summed E-state index contributed by atoms with van der Waals surface area (Å²) in [5.41, 5.74) is 0. The molecule has 1 aliphatic heterocycles. The summed E-state index contributed by atoms with van der Waals surface area (Å²) in [7, 11) is 2.14. The van der Waals surface area contributed by atoms with Crippen LogP contribution in [0.3, 0.4) is 0 Å². The molecular formula is C9H15NO. The number of terminal acetylenes is 1. The van der Waals surface area contributed by atoms with Crippen molar-refractivity contribution in [1.29, 1.82) is 0 Å². The van der Waals surface area contributed by atoms with Crippen molar-refractivity contribution in [2.75, 3.05) is 26.8 Å². The minimum absolute atomic E-state index is 0.449. The molecule has 1 rings (SSSR count). The summed E-state index contributed by atoms with van der Waals surface area (Å²) in [6.07, 6.45) is 7.60. The zero-order valence-corrected chi connectivity index (χ0v) is 7.05. The van der Waals surface area contributed by atoms with Crippen LogP contribution in [0.4, 0.5) is 0 Å². The molecule has 0 saturated carbocycles. The van der Waals surface area contributed by atoms with Gasteiger partial charge in [0.05, 0.1) is 6.61 Å². The molecule has 0 spiro atoms. The maximum Gasteiger partial charge on any atom is 0.107 e. The average Bonchev–Trinajstić information content (AvgIpc) is 2.37. The molecule has 1 fully saturated rings. The molecule has 0 aromatic rings. The fourth-order valence-electron chi connectivity index (χ4n) is 1.44. The lowest BCUT2D eigenvalue weighted by atomic mass is 10.2. The molecule has 1 saturated heterocycles. The zero-order chi connectivity index (χ0) is 8.10. The first-order valence-corrected chi connectivity index (χ1v) is 4.06. The van der Waals surface area contributed by atoms with Crippen LogP contribution in [0.1, 0.15) is 12.8 Å². The first kappa shape index (κ1) is 8.58. The summed E-state index contributed by atoms with van der Waals surface area (Å²) in [4.78, 5) is 2.33. The molecule has 62 valence electrons. The third kappa shape index (κ3) is 2.53. The second kappa shape index (κ2) is 4.38. The Hall–Kier alpha value is -0.520. The Kier molecular flexibility index (Phi) is 3.41. The number of likely N-dealkylation sites (N-methyl/N-ethyl adjacent to an activating group) is 1. The smallest absolute Gasteiger partial charge is 0.107 e. The Morgan fingerprint density at radius 3 is 3.09 bits per heavy atom. The predicted molar refractivity (Wildman–Crippen MR) is 45.3 cm³/mol. The van der Waals surface area contributed by atoms with E-state index in [1.54, 1.807) is 0 Å². The summed E-state index contributed by atoms with van der Waals surface area (Å²) >= 11 is 0. The largest absolute Gasteiger partial charge is 0.367 e. The van der Waals surface area contributed by atoms with Crippen molar-refractivity contribution in [3.8, 4) is 12.3 Å². The monoisotopic (exact) mass is 153 g/mol. The van der Waals surface area contributed by atoms with Gasteiger partial charge in [-0.3, -0.25) is 0 Å². The standard InChI is InChI=1S/C9H15NO/c1-3-7-11-8-9-5-4-6-10(9)2/h1,9H,4-8H2,2H3/t9-/m1/s1. The van der Waals surface area contributed by atoms with Crippen molar-refractivity contribution in [3.05, 3.63) is 0 Å². The third-order valence-corrected chi connectivity index (χ3v) is 2.17. The topological polar surface area (TPSA) is 12.5 Å². The van der Waals surface area contributed by atoms with Crippen LogP contribution in [0.25, 0.3) is 0 Å². The average molecular weight is 153 g/mol. The highest BCUT2D eigenvalue weighted by Gasteiger charge is 2.20. The fourth-order valence-corrected chi connectivity index (χ4v) is 1.44. The third-order valence-electron chi connectivity index (χ3n) is 2.17. The van der Waals surface area contributed by atoms with E-state index in [1.165, 1.54) is 19.4 Å². The molecule has 0 amide bonds. The van der Waals surface area contributed by atoms with Gasteiger partial charge in [0.25, 0.3) is 0 Å². The lowest BCUT2D eigenvalue weighted by Gasteiger charge is -2.18. The number of likely N-dealkylation sites (tertiary alicyclic amines) is 1. The van der Waals surface area contributed by atoms with Crippen LogP contribution in [0.2, 0.25) is 0 Å². The van der Waals surface area contributed by atoms with Gasteiger partial charge in [0.15, 0.2) is 0 Å². The van der Waals surface area contributed by atoms with Gasteiger partial charge in [0.2, 0.25) is 0 Å². The first-order valence-electron chi connectivity index (χ1n) is 4.06. The van der Waals surface area contributed by atoms with Crippen molar-refractivity contribution in [2.45, 2.75) is 18.9 Å². The molecule has 2 heteroatoms. The van der Waals surface area contributed by atoms with E-state index in [0.29, 0.717) is 12.6 Å². The van der Waals surface area contributed by atoms with E-state index in [2.05, 4.69) is 17.9 Å². The van der Waals surface area contributed by atoms with E-state index < -0.39 is 0 Å². The van der Waals surface area contributed by atoms with Crippen LogP contribution < -0.4 is 0 Å². The van der Waals surface area contributed by atoms with E-state index in [4.69, 9.17) is 11.2 Å². The Balaban J connectivity index is 2.11. The molecule has 0 aromatic heterocycles. The van der Waals surface area contributed by atoms with E-state index in [-0.39, 0.29) is 0 Å². The molecule has 0 bridgehead atoms. The molecule has 1 atom stereocenters. The molecule has 1 heterocycles. The molecule has 0 aliphatic carbocycles. The van der Waals surface area contributed by atoms with Gasteiger partial charge in [0.1, 0.15) is 6.61 Å². The Labute approximate surface area is 68.5 Å². The Morgan fingerprint density at radius 2 is 2.55 bits per heavy atom. The highest BCUT2D eigenvalue weighted by Crippen LogP contribution is 2.14. The van der Waals surface area contributed by atoms with E-state index >= 15 is 0 Å². The predicted octanol–water partition coefficient (Wildman–Crippen LogP) is 0.730. The summed E-state index contributed by atoms with van der Waals surface area (Å²) in [6, 6.07) is 0.600. The lowest BCUT2D eigenvalue weighted by molar-refractivity contribution is 0.108. The first-order chi connectivity index (χ1) is 5.34. The second-order valence-electron chi connectivity index (χ2n) is 3.00. The summed E-state index contributed by atoms with van der Waals surface area (Å²) in [5, 5.41) is 0. The fraction of sp³-hybridized carbons (Fsp3) is 0.778. The highest BCUT2D eigenvalue weighted by atomic mass is 16.5. The van der Waals surface area contributed by atoms with Gasteiger partial charge in [-0.2, -0.15) is 0 Å². The second-order valence-corrected chi connectivity index (χ2v) is 3.00. The summed E-state index contributed by atoms with van der Waals surface area (Å²) in [5.74, 6) is 2.47. The zero-order valence-electron chi connectivity index (χ0n) is 7.05. The number of hydrogen-bond donors (Lipinski definition) is 0. The van der Waals surface area contributed by atoms with Gasteiger partial charge in [-0.15, -0.1) is 6.42 Å². The van der Waals surface area contributed by atoms with Crippen molar-refractivity contribution in [3.63, 3.8) is 0 Å². The molecule has 2 nitrogen and oxygen atoms in total. The van der Waals surface area contributed by atoms with Gasteiger partial charge in [0, 0.05) is 6.04 Å². The van der Waals surface area contributed by atoms with Gasteiger partial charge < -0.3 is 9.64 Å². The van der Waals surface area contributed by atoms with Gasteiger partial charge >= 0.3 is 0 Å². The Bertz CT molecular complexity index is 150. The van der Waals surface area contributed by atoms with Crippen LogP contribution in [-0.4, -0.2) is 37.7 Å². The van der Waals surface area contributed by atoms with Crippen LogP contribution >= 0.6 is 0 Å². The maximum atomic E-state index is 5.26. The van der Waals surface area contributed by atoms with Crippen LogP contribution in [0, 0.1) is 12.3 Å². The van der Waals surface area contributed by atoms with E-state index in [1.807, 2.05) is 0 Å². The van der Waals surface area contributed by atoms with E-state index in [9.17, 15) is 0 Å². The van der Waals surface area contributed by atoms with Gasteiger partial charge in [-0.05, 0) is 26.4 Å². The molecule has 11 heavy (non-hydrogen) atoms. The molecule has 0 radical (unpaired) electrons. The minimum Gasteiger partial charge on any atom is -0.367 e. The normalized spacial score (nSPS) is 25.3. The molecule has 1 aliphatic rings. The van der Waals surface area contributed by atoms with Gasteiger partial charge in [-0.25, -0.2) is 0 Å². The SMILES string of the molecule is C#CCOC[C@H]1CCCN1C. The van der Waals surface area contributed by atoms with Crippen molar-refractivity contribution < 1.29 is 4.74 Å². The molecular weight excluding hydrogens is 138 g/mol. The number of hydrogen-bond acceptors (Lipinski definition) is 2. The van der Waals surface area contributed by atoms with Crippen LogP contribution in [0.5, 0.6) is 0 Å². The van der Waals surface area contributed by atoms with Crippen LogP contribution in [0.15, 0.2) is 0 Å². The van der Waals surface area contributed by atoms with Crippen molar-refractivity contribution in [2.24, 2.45) is 0 Å². The van der Waals surface area contributed by atoms with Crippen LogP contribution in [-0.2, 0) is 4.74 Å². The number of ether oxygens (including phenoxy) is 1. The summed E-state index contributed by atoms with van der Waals surface area (Å²) in [6.45, 7) is 2.44. The lowest BCUT2D eigenvalue weighted by Crippen LogP contribution is -2.29. The highest BCUT2D eigenvalue weighted by molar-refractivity contribution is 4.84. The molecule has 0 unspecified atom stereocenters. The molecule has 0 aromatic carbocycles. The number of nitrogens with zero attached hydrogens (tertiary/aromatic N) is 1. The van der Waals surface area contributed by atoms with E-state index in [0.717, 1.165) is 6.61 Å². The van der Waals surface area contributed by atoms with Gasteiger partial charge in [-0.1, -0.05) is 5.92 Å². The Morgan fingerprint density at radius 1 is 1.73 bits per heavy atom.